The minimum Gasteiger partial charge on any atom is -0.356 e. The fourth-order valence-electron chi connectivity index (χ4n) is 4.53. The average Bonchev–Trinajstić information content (AvgIpc) is 3.17. The summed E-state index contributed by atoms with van der Waals surface area (Å²) < 4.78 is 60.4. The third-order valence-corrected chi connectivity index (χ3v) is 8.78. The van der Waals surface area contributed by atoms with Gasteiger partial charge < -0.3 is 14.5 Å². The number of hydrogen-bond donors (Lipinski definition) is 1. The van der Waals surface area contributed by atoms with Gasteiger partial charge in [0.05, 0.1) is 36.4 Å². The Morgan fingerprint density at radius 3 is 2.35 bits per heavy atom. The van der Waals surface area contributed by atoms with Gasteiger partial charge in [-0.3, -0.25) is 9.35 Å². The van der Waals surface area contributed by atoms with E-state index < -0.39 is 32.0 Å². The molecule has 0 bridgehead atoms. The van der Waals surface area contributed by atoms with Crippen LogP contribution < -0.4 is 4.90 Å². The molecular formula is C21H25BrClN5O7S2. The van der Waals surface area contributed by atoms with Crippen LogP contribution in [0, 0.1) is 0 Å². The second-order valence-electron chi connectivity index (χ2n) is 8.93. The number of carbonyl (C=O) groups excluding carboxylic acids is 1. The van der Waals surface area contributed by atoms with Crippen molar-refractivity contribution in [1.29, 1.82) is 0 Å². The maximum atomic E-state index is 13.1. The van der Waals surface area contributed by atoms with Crippen LogP contribution in [0.3, 0.4) is 0 Å². The van der Waals surface area contributed by atoms with Gasteiger partial charge in [-0.25, -0.2) is 18.4 Å². The first-order valence-corrected chi connectivity index (χ1v) is 15.6. The summed E-state index contributed by atoms with van der Waals surface area (Å²) >= 11 is 9.22. The SMILES string of the molecule is CS(=O)(=O)O.O=C1CN(S(=O)(=O)c2ccc(Br)cc2)CC2OC3(CCN(c4ccnc(Cl)n4)CC3)CN12. The number of piperidine rings is 1. The van der Waals surface area contributed by atoms with Crippen LogP contribution in [0.4, 0.5) is 5.82 Å². The van der Waals surface area contributed by atoms with Gasteiger partial charge in [-0.1, -0.05) is 15.9 Å². The highest BCUT2D eigenvalue weighted by Crippen LogP contribution is 2.38. The number of hydrogen-bond acceptors (Lipinski definition) is 9. The Morgan fingerprint density at radius 1 is 1.14 bits per heavy atom. The van der Waals surface area contributed by atoms with E-state index in [0.717, 1.165) is 10.3 Å². The van der Waals surface area contributed by atoms with E-state index in [1.165, 1.54) is 16.4 Å². The summed E-state index contributed by atoms with van der Waals surface area (Å²) in [4.78, 5) is 25.0. The van der Waals surface area contributed by atoms with E-state index in [1.807, 2.05) is 6.07 Å². The molecule has 0 saturated carbocycles. The molecule has 3 fully saturated rings. The maximum Gasteiger partial charge on any atom is 0.261 e. The Hall–Kier alpha value is -1.88. The molecule has 1 N–H and O–H groups in total. The molecule has 1 spiro atoms. The van der Waals surface area contributed by atoms with Gasteiger partial charge in [0.2, 0.25) is 21.2 Å². The van der Waals surface area contributed by atoms with Gasteiger partial charge >= 0.3 is 0 Å². The molecular weight excluding hydrogens is 614 g/mol. The lowest BCUT2D eigenvalue weighted by Crippen LogP contribution is -2.55. The van der Waals surface area contributed by atoms with E-state index in [1.54, 1.807) is 23.2 Å². The molecule has 1 atom stereocenters. The topological polar surface area (TPSA) is 150 Å². The molecule has 2 aromatic rings. The van der Waals surface area contributed by atoms with Gasteiger partial charge in [0.15, 0.2) is 0 Å². The van der Waals surface area contributed by atoms with Crippen LogP contribution in [0.2, 0.25) is 5.28 Å². The summed E-state index contributed by atoms with van der Waals surface area (Å²) in [5.74, 6) is 0.530. The first kappa shape index (κ1) is 28.1. The zero-order chi connectivity index (χ0) is 27.0. The summed E-state index contributed by atoms with van der Waals surface area (Å²) in [6, 6.07) is 8.22. The van der Waals surface area contributed by atoms with Gasteiger partial charge in [-0.05, 0) is 54.8 Å². The lowest BCUT2D eigenvalue weighted by atomic mass is 9.91. The highest BCUT2D eigenvalue weighted by atomic mass is 79.9. The second-order valence-corrected chi connectivity index (χ2v) is 13.6. The zero-order valence-electron chi connectivity index (χ0n) is 19.7. The van der Waals surface area contributed by atoms with Crippen molar-refractivity contribution in [1.82, 2.24) is 19.2 Å². The Balaban J connectivity index is 0.000000586. The normalized spacial score (nSPS) is 21.9. The number of halogens is 2. The van der Waals surface area contributed by atoms with Crippen LogP contribution in [0.25, 0.3) is 0 Å². The third kappa shape index (κ3) is 6.77. The van der Waals surface area contributed by atoms with Crippen LogP contribution in [-0.4, -0.2) is 97.3 Å². The van der Waals surface area contributed by atoms with E-state index in [4.69, 9.17) is 20.9 Å². The number of amides is 1. The van der Waals surface area contributed by atoms with Crippen molar-refractivity contribution in [3.8, 4) is 0 Å². The third-order valence-electron chi connectivity index (χ3n) is 6.25. The Bertz CT molecular complexity index is 1360. The lowest BCUT2D eigenvalue weighted by Gasteiger charge is -2.38. The molecule has 0 radical (unpaired) electrons. The number of fused-ring (bicyclic) bond motifs is 1. The van der Waals surface area contributed by atoms with Crippen LogP contribution in [0.1, 0.15) is 12.8 Å². The molecule has 202 valence electrons. The summed E-state index contributed by atoms with van der Waals surface area (Å²) in [6.45, 7) is 1.81. The number of nitrogens with zero attached hydrogens (tertiary/aromatic N) is 5. The van der Waals surface area contributed by atoms with Crippen molar-refractivity contribution < 1.29 is 30.9 Å². The summed E-state index contributed by atoms with van der Waals surface area (Å²) in [6.07, 6.45) is 3.16. The second kappa shape index (κ2) is 10.7. The van der Waals surface area contributed by atoms with Crippen LogP contribution in [0.15, 0.2) is 45.9 Å². The average molecular weight is 639 g/mol. The molecule has 5 rings (SSSR count). The van der Waals surface area contributed by atoms with Crippen LogP contribution in [0.5, 0.6) is 0 Å². The molecule has 1 unspecified atom stereocenters. The first-order chi connectivity index (χ1) is 17.3. The molecule has 3 aliphatic rings. The van der Waals surface area contributed by atoms with Crippen molar-refractivity contribution in [2.24, 2.45) is 0 Å². The highest BCUT2D eigenvalue weighted by Gasteiger charge is 2.52. The highest BCUT2D eigenvalue weighted by molar-refractivity contribution is 9.10. The predicted octanol–water partition coefficient (Wildman–Crippen LogP) is 1.62. The number of aromatic nitrogens is 2. The van der Waals surface area contributed by atoms with Crippen molar-refractivity contribution in [3.05, 3.63) is 46.3 Å². The fraction of sp³-hybridized carbons (Fsp3) is 0.476. The van der Waals surface area contributed by atoms with Gasteiger partial charge in [-0.2, -0.15) is 12.7 Å². The number of carbonyl (C=O) groups is 1. The molecule has 4 heterocycles. The van der Waals surface area contributed by atoms with Gasteiger partial charge in [0.25, 0.3) is 10.1 Å². The van der Waals surface area contributed by atoms with Gasteiger partial charge in [0.1, 0.15) is 12.0 Å². The molecule has 1 amide bonds. The van der Waals surface area contributed by atoms with Crippen molar-refractivity contribution in [3.63, 3.8) is 0 Å². The Kier molecular flexibility index (Phi) is 8.14. The quantitative estimate of drug-likeness (QED) is 0.388. The maximum absolute atomic E-state index is 13.1. The molecule has 3 saturated heterocycles. The van der Waals surface area contributed by atoms with E-state index in [0.29, 0.717) is 38.7 Å². The minimum atomic E-state index is -3.79. The smallest absolute Gasteiger partial charge is 0.261 e. The van der Waals surface area contributed by atoms with E-state index in [2.05, 4.69) is 30.8 Å². The number of ether oxygens (including phenoxy) is 1. The van der Waals surface area contributed by atoms with E-state index in [9.17, 15) is 21.6 Å². The zero-order valence-corrected chi connectivity index (χ0v) is 23.7. The van der Waals surface area contributed by atoms with E-state index >= 15 is 0 Å². The molecule has 1 aromatic carbocycles. The molecule has 0 aliphatic carbocycles. The molecule has 16 heteroatoms. The number of benzene rings is 1. The molecule has 37 heavy (non-hydrogen) atoms. The number of anilines is 1. The fourth-order valence-corrected chi connectivity index (χ4v) is 6.32. The van der Waals surface area contributed by atoms with E-state index in [-0.39, 0.29) is 29.2 Å². The predicted molar refractivity (Wildman–Crippen MR) is 138 cm³/mol. The lowest BCUT2D eigenvalue weighted by molar-refractivity contribution is -0.144. The largest absolute Gasteiger partial charge is 0.356 e. The number of rotatable bonds is 3. The van der Waals surface area contributed by atoms with Crippen molar-refractivity contribution in [2.45, 2.75) is 29.6 Å². The summed E-state index contributed by atoms with van der Waals surface area (Å²) in [5.41, 5.74) is -0.481. The number of piperazine rings is 1. The Morgan fingerprint density at radius 2 is 1.76 bits per heavy atom. The van der Waals surface area contributed by atoms with Crippen LogP contribution in [-0.2, 0) is 29.7 Å². The standard InChI is InChI=1S/C20H21BrClN5O4S.CH4O3S/c21-14-1-3-15(4-2-14)32(29,30)26-11-17(28)27-13-20(31-18(27)12-26)6-9-25(10-7-20)16-5-8-23-19(22)24-16;1-5(2,3)4/h1-5,8,18H,6-7,9-13H2;1H3,(H,2,3,4). The molecule has 3 aliphatic heterocycles. The summed E-state index contributed by atoms with van der Waals surface area (Å²) in [5, 5.41) is 0.203. The first-order valence-electron chi connectivity index (χ1n) is 11.1. The minimum absolute atomic E-state index is 0.122. The number of sulfonamides is 1. The monoisotopic (exact) mass is 637 g/mol. The summed E-state index contributed by atoms with van der Waals surface area (Å²) in [7, 11) is -7.46. The molecule has 12 nitrogen and oxygen atoms in total. The van der Waals surface area contributed by atoms with Crippen LogP contribution >= 0.6 is 27.5 Å². The van der Waals surface area contributed by atoms with Crippen molar-refractivity contribution in [2.75, 3.05) is 43.9 Å². The van der Waals surface area contributed by atoms with Gasteiger partial charge in [0, 0.05) is 23.8 Å². The van der Waals surface area contributed by atoms with Crippen molar-refractivity contribution >= 4 is 59.4 Å². The van der Waals surface area contributed by atoms with Gasteiger partial charge in [-0.15, -0.1) is 0 Å². The molecule has 1 aromatic heterocycles. The Labute approximate surface area is 228 Å².